The molecule has 4 aromatic rings. The summed E-state index contributed by atoms with van der Waals surface area (Å²) in [5.74, 6) is 1.34. The van der Waals surface area contributed by atoms with Gasteiger partial charge in [-0.15, -0.1) is 0 Å². The monoisotopic (exact) mass is 391 g/mol. The van der Waals surface area contributed by atoms with E-state index >= 15 is 0 Å². The van der Waals surface area contributed by atoms with E-state index < -0.39 is 0 Å². The van der Waals surface area contributed by atoms with Crippen LogP contribution >= 0.6 is 11.6 Å². The number of nitrogens with two attached hydrogens (primary N) is 1. The average molecular weight is 392 g/mol. The van der Waals surface area contributed by atoms with E-state index in [9.17, 15) is 0 Å². The van der Waals surface area contributed by atoms with Crippen LogP contribution in [0.2, 0.25) is 5.02 Å². The second-order valence-corrected chi connectivity index (χ2v) is 6.68. The van der Waals surface area contributed by atoms with Crippen molar-refractivity contribution in [1.82, 2.24) is 15.0 Å². The van der Waals surface area contributed by atoms with Gasteiger partial charge < -0.3 is 15.8 Å². The Morgan fingerprint density at radius 3 is 2.75 bits per heavy atom. The first kappa shape index (κ1) is 18.0. The zero-order valence-corrected chi connectivity index (χ0v) is 15.9. The van der Waals surface area contributed by atoms with E-state index in [2.05, 4.69) is 20.3 Å². The van der Waals surface area contributed by atoms with Gasteiger partial charge in [0.15, 0.2) is 11.6 Å². The molecule has 0 spiro atoms. The van der Waals surface area contributed by atoms with Gasteiger partial charge in [-0.2, -0.15) is 4.98 Å². The predicted molar refractivity (Wildman–Crippen MR) is 112 cm³/mol. The molecule has 0 bridgehead atoms. The summed E-state index contributed by atoms with van der Waals surface area (Å²) in [6.07, 6.45) is 1.41. The topological polar surface area (TPSA) is 86.0 Å². The summed E-state index contributed by atoms with van der Waals surface area (Å²) in [6, 6.07) is 17.3. The molecule has 0 radical (unpaired) electrons. The van der Waals surface area contributed by atoms with E-state index in [-0.39, 0.29) is 5.88 Å². The van der Waals surface area contributed by atoms with E-state index in [1.165, 1.54) is 6.33 Å². The Balaban J connectivity index is 1.61. The van der Waals surface area contributed by atoms with Crippen molar-refractivity contribution in [3.63, 3.8) is 0 Å². The molecule has 0 fully saturated rings. The predicted octanol–water partition coefficient (Wildman–Crippen LogP) is 4.97. The van der Waals surface area contributed by atoms with Gasteiger partial charge in [0.25, 0.3) is 0 Å². The quantitative estimate of drug-likeness (QED) is 0.499. The van der Waals surface area contributed by atoms with E-state index in [0.29, 0.717) is 28.8 Å². The number of anilines is 2. The third-order valence-corrected chi connectivity index (χ3v) is 4.65. The van der Waals surface area contributed by atoms with Crippen LogP contribution in [0, 0.1) is 6.92 Å². The highest BCUT2D eigenvalue weighted by atomic mass is 35.5. The summed E-state index contributed by atoms with van der Waals surface area (Å²) >= 11 is 6.20. The molecule has 2 aromatic carbocycles. The Kier molecular flexibility index (Phi) is 4.95. The second-order valence-electron chi connectivity index (χ2n) is 6.27. The van der Waals surface area contributed by atoms with Gasteiger partial charge in [0.05, 0.1) is 0 Å². The Morgan fingerprint density at radius 1 is 1.04 bits per heavy atom. The van der Waals surface area contributed by atoms with E-state index in [0.717, 1.165) is 22.2 Å². The number of para-hydroxylation sites is 1. The molecule has 4 rings (SSSR count). The summed E-state index contributed by atoms with van der Waals surface area (Å²) in [7, 11) is 0. The van der Waals surface area contributed by atoms with Crippen molar-refractivity contribution in [2.24, 2.45) is 0 Å². The smallest absolute Gasteiger partial charge is 0.248 e. The Bertz CT molecular complexity index is 1150. The molecule has 0 aliphatic heterocycles. The third-order valence-electron chi connectivity index (χ3n) is 4.28. The van der Waals surface area contributed by atoms with E-state index in [4.69, 9.17) is 22.1 Å². The van der Waals surface area contributed by atoms with Crippen molar-refractivity contribution < 1.29 is 4.74 Å². The number of nitrogens with zero attached hydrogens (tertiary/aromatic N) is 3. The molecule has 28 heavy (non-hydrogen) atoms. The molecule has 0 atom stereocenters. The van der Waals surface area contributed by atoms with Crippen molar-refractivity contribution in [3.8, 4) is 11.6 Å². The number of aromatic nitrogens is 3. The number of fused-ring (bicyclic) bond motifs is 1. The van der Waals surface area contributed by atoms with Crippen LogP contribution in [-0.4, -0.2) is 15.0 Å². The van der Waals surface area contributed by atoms with Gasteiger partial charge in [0, 0.05) is 22.6 Å². The van der Waals surface area contributed by atoms with E-state index in [1.54, 1.807) is 0 Å². The maximum Gasteiger partial charge on any atom is 0.248 e. The van der Waals surface area contributed by atoms with Crippen LogP contribution in [0.15, 0.2) is 60.9 Å². The molecule has 0 aliphatic rings. The van der Waals surface area contributed by atoms with Crippen LogP contribution in [0.3, 0.4) is 0 Å². The maximum atomic E-state index is 6.24. The highest BCUT2D eigenvalue weighted by Gasteiger charge is 2.13. The Hall–Kier alpha value is -3.38. The number of benzene rings is 2. The third kappa shape index (κ3) is 3.68. The normalized spacial score (nSPS) is 10.8. The minimum absolute atomic E-state index is 0.271. The van der Waals surface area contributed by atoms with Crippen LogP contribution in [-0.2, 0) is 6.54 Å². The lowest BCUT2D eigenvalue weighted by Gasteiger charge is -2.13. The molecule has 2 heterocycles. The zero-order chi connectivity index (χ0) is 19.5. The molecular weight excluding hydrogens is 374 g/mol. The fourth-order valence-corrected chi connectivity index (χ4v) is 3.03. The van der Waals surface area contributed by atoms with Crippen LogP contribution in [0.5, 0.6) is 11.6 Å². The van der Waals surface area contributed by atoms with Crippen LogP contribution in [0.1, 0.15) is 11.3 Å². The van der Waals surface area contributed by atoms with Crippen molar-refractivity contribution in [1.29, 1.82) is 0 Å². The number of aryl methyl sites for hydroxylation is 1. The lowest BCUT2D eigenvalue weighted by atomic mass is 10.2. The summed E-state index contributed by atoms with van der Waals surface area (Å²) in [6.45, 7) is 2.42. The van der Waals surface area contributed by atoms with Gasteiger partial charge in [-0.05, 0) is 30.7 Å². The summed E-state index contributed by atoms with van der Waals surface area (Å²) in [4.78, 5) is 13.0. The summed E-state index contributed by atoms with van der Waals surface area (Å²) in [5, 5.41) is 4.84. The van der Waals surface area contributed by atoms with Crippen molar-refractivity contribution >= 4 is 34.0 Å². The van der Waals surface area contributed by atoms with Crippen LogP contribution < -0.4 is 15.8 Å². The minimum Gasteiger partial charge on any atom is -0.435 e. The van der Waals surface area contributed by atoms with Gasteiger partial charge in [0.2, 0.25) is 5.88 Å². The van der Waals surface area contributed by atoms with Crippen molar-refractivity contribution in [3.05, 3.63) is 77.2 Å². The number of halogens is 1. The average Bonchev–Trinajstić information content (AvgIpc) is 2.70. The van der Waals surface area contributed by atoms with Crippen LogP contribution in [0.25, 0.3) is 10.9 Å². The van der Waals surface area contributed by atoms with Crippen LogP contribution in [0.4, 0.5) is 11.5 Å². The van der Waals surface area contributed by atoms with Crippen molar-refractivity contribution in [2.45, 2.75) is 13.5 Å². The number of hydrogen-bond donors (Lipinski definition) is 2. The molecule has 0 amide bonds. The first-order chi connectivity index (χ1) is 13.6. The number of nitrogen functional groups attached to an aromatic ring is 1. The molecule has 7 heteroatoms. The first-order valence-corrected chi connectivity index (χ1v) is 9.11. The first-order valence-electron chi connectivity index (χ1n) is 8.74. The molecule has 2 aromatic heterocycles. The standard InChI is InChI=1S/C21H18ClN5O/c1-13-9-10-14-6-4-8-17(19(14)27-13)28-21-18(23)20(25-12-26-21)24-11-15-5-2-3-7-16(15)22/h2-10,12H,11,23H2,1H3,(H,24,25,26). The van der Waals surface area contributed by atoms with E-state index in [1.807, 2.05) is 61.5 Å². The maximum absolute atomic E-state index is 6.24. The highest BCUT2D eigenvalue weighted by molar-refractivity contribution is 6.31. The van der Waals surface area contributed by atoms with Gasteiger partial charge in [-0.3, -0.25) is 0 Å². The molecule has 3 N–H and O–H groups in total. The molecule has 6 nitrogen and oxygen atoms in total. The number of rotatable bonds is 5. The summed E-state index contributed by atoms with van der Waals surface area (Å²) in [5.41, 5.74) is 9.16. The number of hydrogen-bond acceptors (Lipinski definition) is 6. The highest BCUT2D eigenvalue weighted by Crippen LogP contribution is 2.33. The lowest BCUT2D eigenvalue weighted by molar-refractivity contribution is 0.468. The second kappa shape index (κ2) is 7.70. The SMILES string of the molecule is Cc1ccc2cccc(Oc3ncnc(NCc4ccccc4Cl)c3N)c2n1. The Morgan fingerprint density at radius 2 is 1.89 bits per heavy atom. The molecule has 0 aliphatic carbocycles. The van der Waals surface area contributed by atoms with Crippen molar-refractivity contribution in [2.75, 3.05) is 11.1 Å². The lowest BCUT2D eigenvalue weighted by Crippen LogP contribution is -2.07. The molecule has 140 valence electrons. The molecule has 0 saturated carbocycles. The van der Waals surface area contributed by atoms with Gasteiger partial charge in [-0.25, -0.2) is 9.97 Å². The number of nitrogens with one attached hydrogen (secondary N) is 1. The molecule has 0 saturated heterocycles. The summed E-state index contributed by atoms with van der Waals surface area (Å²) < 4.78 is 5.99. The number of ether oxygens (including phenoxy) is 1. The molecule has 0 unspecified atom stereocenters. The number of pyridine rings is 1. The Labute approximate surface area is 167 Å². The fraction of sp³-hybridized carbons (Fsp3) is 0.0952. The van der Waals surface area contributed by atoms with Gasteiger partial charge in [-0.1, -0.05) is 48.0 Å². The zero-order valence-electron chi connectivity index (χ0n) is 15.2. The minimum atomic E-state index is 0.271. The largest absolute Gasteiger partial charge is 0.435 e. The molecular formula is C21H18ClN5O. The van der Waals surface area contributed by atoms with Gasteiger partial charge in [0.1, 0.15) is 17.5 Å². The fourth-order valence-electron chi connectivity index (χ4n) is 2.83. The van der Waals surface area contributed by atoms with Gasteiger partial charge >= 0.3 is 0 Å².